The molecule has 3 aliphatic heterocycles. The lowest BCUT2D eigenvalue weighted by atomic mass is 10.0. The van der Waals surface area contributed by atoms with E-state index in [0.29, 0.717) is 45.9 Å². The van der Waals surface area contributed by atoms with Crippen molar-refractivity contribution < 1.29 is 27.5 Å². The van der Waals surface area contributed by atoms with Crippen LogP contribution in [0.25, 0.3) is 0 Å². The minimum atomic E-state index is -4.48. The van der Waals surface area contributed by atoms with Crippen LogP contribution in [0.5, 0.6) is 0 Å². The smallest absolute Gasteiger partial charge is 0.379 e. The summed E-state index contributed by atoms with van der Waals surface area (Å²) in [6, 6.07) is 7.75. The predicted octanol–water partition coefficient (Wildman–Crippen LogP) is 1.72. The number of piperazine rings is 1. The number of benzene rings is 1. The Bertz CT molecular complexity index is 1180. The van der Waals surface area contributed by atoms with Gasteiger partial charge in [0.05, 0.1) is 37.3 Å². The molecule has 2 saturated heterocycles. The lowest BCUT2D eigenvalue weighted by Gasteiger charge is -2.38. The second-order valence-electron chi connectivity index (χ2n) is 9.69. The van der Waals surface area contributed by atoms with Gasteiger partial charge in [-0.1, -0.05) is 24.3 Å². The van der Waals surface area contributed by atoms with E-state index in [1.807, 2.05) is 18.2 Å². The van der Waals surface area contributed by atoms with E-state index in [1.165, 1.54) is 0 Å². The van der Waals surface area contributed by atoms with E-state index < -0.39 is 17.1 Å². The highest BCUT2D eigenvalue weighted by molar-refractivity contribution is 6.31. The van der Waals surface area contributed by atoms with Gasteiger partial charge in [0.1, 0.15) is 5.38 Å². The summed E-state index contributed by atoms with van der Waals surface area (Å²) in [6.07, 6.45) is -2.74. The highest BCUT2D eigenvalue weighted by Crippen LogP contribution is 2.37. The van der Waals surface area contributed by atoms with E-state index >= 15 is 0 Å². The number of carbonyl (C=O) groups excluding carboxylic acids is 2. The molecule has 0 aliphatic carbocycles. The molecule has 1 aromatic carbocycles. The van der Waals surface area contributed by atoms with Gasteiger partial charge in [-0.25, -0.2) is 15.4 Å². The molecule has 2 aromatic rings. The fourth-order valence-corrected chi connectivity index (χ4v) is 5.49. The number of hydrazine groups is 1. The van der Waals surface area contributed by atoms with Crippen LogP contribution in [0.3, 0.4) is 0 Å². The molecule has 5 rings (SSSR count). The van der Waals surface area contributed by atoms with Crippen LogP contribution >= 0.6 is 11.6 Å². The second kappa shape index (κ2) is 11.6. The van der Waals surface area contributed by atoms with Crippen LogP contribution in [-0.2, 0) is 27.0 Å². The molecule has 0 saturated carbocycles. The largest absolute Gasteiger partial charge is 0.419 e. The number of aromatic nitrogens is 2. The van der Waals surface area contributed by atoms with Crippen molar-refractivity contribution in [3.8, 4) is 0 Å². The lowest BCUT2D eigenvalue weighted by Crippen LogP contribution is -2.61. The number of nitrogens with one attached hydrogen (secondary N) is 2. The summed E-state index contributed by atoms with van der Waals surface area (Å²) in [7, 11) is 0. The van der Waals surface area contributed by atoms with Crippen molar-refractivity contribution in [2.24, 2.45) is 0 Å². The molecule has 14 heteroatoms. The molecular formula is C25H29ClF3N7O3. The monoisotopic (exact) mass is 567 g/mol. The zero-order valence-electron chi connectivity index (χ0n) is 21.0. The SMILES string of the molecule is O=C1NNCC(N2Cc3ccccc3[C@@H]2COCCC(=O)N2CCN(c3ncc(C(F)(F)F)cn3)CC2)C1Cl. The number of alkyl halides is 4. The Morgan fingerprint density at radius 3 is 2.56 bits per heavy atom. The average molecular weight is 568 g/mol. The Balaban J connectivity index is 1.10. The van der Waals surface area contributed by atoms with E-state index in [2.05, 4.69) is 31.8 Å². The molecule has 2 fully saturated rings. The third-order valence-electron chi connectivity index (χ3n) is 7.32. The van der Waals surface area contributed by atoms with Crippen molar-refractivity contribution in [1.29, 1.82) is 0 Å². The number of carbonyl (C=O) groups is 2. The number of anilines is 1. The molecule has 0 bridgehead atoms. The van der Waals surface area contributed by atoms with Crippen molar-refractivity contribution in [2.75, 3.05) is 50.8 Å². The summed E-state index contributed by atoms with van der Waals surface area (Å²) in [4.78, 5) is 38.2. The Morgan fingerprint density at radius 2 is 1.85 bits per heavy atom. The molecule has 210 valence electrons. The summed E-state index contributed by atoms with van der Waals surface area (Å²) in [5, 5.41) is -0.698. The molecule has 0 radical (unpaired) electrons. The van der Waals surface area contributed by atoms with Gasteiger partial charge in [-0.05, 0) is 11.1 Å². The maximum absolute atomic E-state index is 12.8. The minimum Gasteiger partial charge on any atom is -0.379 e. The Morgan fingerprint density at radius 1 is 1.13 bits per heavy atom. The van der Waals surface area contributed by atoms with E-state index in [1.54, 1.807) is 9.80 Å². The van der Waals surface area contributed by atoms with Crippen LogP contribution < -0.4 is 15.8 Å². The molecule has 39 heavy (non-hydrogen) atoms. The quantitative estimate of drug-likeness (QED) is 0.385. The first-order valence-electron chi connectivity index (χ1n) is 12.7. The standard InChI is InChI=1S/C25H29ClF3N7O3/c26-22-19(13-32-33-23(22)38)36-14-16-3-1-2-4-18(16)20(36)15-39-10-5-21(37)34-6-8-35(9-7-34)24-30-11-17(12-31-24)25(27,28)29/h1-4,11-12,19-20,22,32H,5-10,13-15H2,(H,33,38)/t19?,20-,22?/m0/s1. The Labute approximate surface area is 228 Å². The van der Waals surface area contributed by atoms with Gasteiger partial charge >= 0.3 is 6.18 Å². The van der Waals surface area contributed by atoms with Crippen LogP contribution in [-0.4, -0.2) is 88.9 Å². The molecule has 2 N–H and O–H groups in total. The van der Waals surface area contributed by atoms with Crippen LogP contribution in [0, 0.1) is 0 Å². The fraction of sp³-hybridized carbons (Fsp3) is 0.520. The number of ether oxygens (including phenoxy) is 1. The van der Waals surface area contributed by atoms with Gasteiger partial charge in [0.15, 0.2) is 0 Å². The van der Waals surface area contributed by atoms with Crippen LogP contribution in [0.2, 0.25) is 0 Å². The third kappa shape index (κ3) is 6.11. The van der Waals surface area contributed by atoms with Gasteiger partial charge in [-0.3, -0.25) is 19.9 Å². The van der Waals surface area contributed by atoms with E-state index in [4.69, 9.17) is 16.3 Å². The topological polar surface area (TPSA) is 103 Å². The van der Waals surface area contributed by atoms with Gasteiger partial charge in [-0.15, -0.1) is 11.6 Å². The van der Waals surface area contributed by atoms with Gasteiger partial charge in [0.25, 0.3) is 5.91 Å². The van der Waals surface area contributed by atoms with Crippen molar-refractivity contribution in [3.05, 3.63) is 53.3 Å². The van der Waals surface area contributed by atoms with Crippen molar-refractivity contribution >= 4 is 29.4 Å². The van der Waals surface area contributed by atoms with Crippen molar-refractivity contribution in [2.45, 2.75) is 36.6 Å². The maximum atomic E-state index is 12.8. The van der Waals surface area contributed by atoms with E-state index in [-0.39, 0.29) is 42.9 Å². The molecular weight excluding hydrogens is 539 g/mol. The normalized spacial score (nSPS) is 24.0. The first-order chi connectivity index (χ1) is 18.7. The van der Waals surface area contributed by atoms with Gasteiger partial charge in [0.2, 0.25) is 11.9 Å². The number of rotatable bonds is 7. The van der Waals surface area contributed by atoms with Crippen LogP contribution in [0.15, 0.2) is 36.7 Å². The zero-order chi connectivity index (χ0) is 27.6. The van der Waals surface area contributed by atoms with Crippen LogP contribution in [0.1, 0.15) is 29.2 Å². The summed E-state index contributed by atoms with van der Waals surface area (Å²) < 4.78 is 44.2. The Kier molecular flexibility index (Phi) is 8.21. The summed E-state index contributed by atoms with van der Waals surface area (Å²) >= 11 is 6.44. The van der Waals surface area contributed by atoms with Gasteiger partial charge < -0.3 is 14.5 Å². The number of hydrogen-bond donors (Lipinski definition) is 2. The van der Waals surface area contributed by atoms with Crippen molar-refractivity contribution in [3.63, 3.8) is 0 Å². The number of amides is 2. The molecule has 3 aliphatic rings. The minimum absolute atomic E-state index is 0.0550. The summed E-state index contributed by atoms with van der Waals surface area (Å²) in [6.45, 7) is 3.43. The second-order valence-corrected chi connectivity index (χ2v) is 10.2. The van der Waals surface area contributed by atoms with E-state index in [9.17, 15) is 22.8 Å². The predicted molar refractivity (Wildman–Crippen MR) is 136 cm³/mol. The van der Waals surface area contributed by atoms with Crippen LogP contribution in [0.4, 0.5) is 19.1 Å². The molecule has 2 amide bonds. The van der Waals surface area contributed by atoms with Crippen molar-refractivity contribution in [1.82, 2.24) is 30.6 Å². The maximum Gasteiger partial charge on any atom is 0.419 e. The molecule has 4 heterocycles. The van der Waals surface area contributed by atoms with E-state index in [0.717, 1.165) is 23.5 Å². The highest BCUT2D eigenvalue weighted by atomic mass is 35.5. The zero-order valence-corrected chi connectivity index (χ0v) is 21.8. The number of halogens is 4. The third-order valence-corrected chi connectivity index (χ3v) is 7.81. The number of nitrogens with zero attached hydrogens (tertiary/aromatic N) is 5. The Hall–Kier alpha value is -3.00. The first-order valence-corrected chi connectivity index (χ1v) is 13.2. The van der Waals surface area contributed by atoms with Gasteiger partial charge in [-0.2, -0.15) is 13.2 Å². The molecule has 10 nitrogen and oxygen atoms in total. The lowest BCUT2D eigenvalue weighted by molar-refractivity contribution is -0.138. The fourth-order valence-electron chi connectivity index (χ4n) is 5.20. The highest BCUT2D eigenvalue weighted by Gasteiger charge is 2.41. The molecule has 3 atom stereocenters. The number of hydrogen-bond acceptors (Lipinski definition) is 8. The summed E-state index contributed by atoms with van der Waals surface area (Å²) in [5.74, 6) is -0.107. The number of fused-ring (bicyclic) bond motifs is 1. The summed E-state index contributed by atoms with van der Waals surface area (Å²) in [5.41, 5.74) is 6.86. The van der Waals surface area contributed by atoms with Gasteiger partial charge in [0, 0.05) is 51.7 Å². The molecule has 2 unspecified atom stereocenters. The molecule has 0 spiro atoms. The molecule has 1 aromatic heterocycles. The first kappa shape index (κ1) is 27.6. The average Bonchev–Trinajstić information content (AvgIpc) is 3.30.